The number of rotatable bonds is 2. The number of aromatic nitrogens is 2. The van der Waals surface area contributed by atoms with Gasteiger partial charge in [-0.2, -0.15) is 5.10 Å². The summed E-state index contributed by atoms with van der Waals surface area (Å²) in [6, 6.07) is 12.7. The highest BCUT2D eigenvalue weighted by molar-refractivity contribution is 5.91. The Morgan fingerprint density at radius 2 is 2.00 bits per heavy atom. The molecule has 0 spiro atoms. The average molecular weight is 279 g/mol. The van der Waals surface area contributed by atoms with Gasteiger partial charge in [-0.1, -0.05) is 24.3 Å². The van der Waals surface area contributed by atoms with Crippen LogP contribution >= 0.6 is 0 Å². The highest BCUT2D eigenvalue weighted by Gasteiger charge is 2.37. The van der Waals surface area contributed by atoms with Crippen LogP contribution in [-0.4, -0.2) is 23.0 Å². The Morgan fingerprint density at radius 3 is 2.67 bits per heavy atom. The monoisotopic (exact) mass is 279 g/mol. The number of nitrogens with zero attached hydrogens (tertiary/aromatic N) is 2. The van der Waals surface area contributed by atoms with Gasteiger partial charge in [0.2, 0.25) is 0 Å². The highest BCUT2D eigenvalue weighted by atomic mass is 16.5. The summed E-state index contributed by atoms with van der Waals surface area (Å²) in [7, 11) is 1.93. The van der Waals surface area contributed by atoms with Gasteiger partial charge in [0, 0.05) is 18.8 Å². The zero-order chi connectivity index (χ0) is 14.4. The third kappa shape index (κ3) is 1.95. The Labute approximate surface area is 123 Å². The lowest BCUT2D eigenvalue weighted by molar-refractivity contribution is -0.0561. The first-order valence-corrected chi connectivity index (χ1v) is 7.05. The van der Waals surface area contributed by atoms with Gasteiger partial charge in [-0.25, -0.2) is 0 Å². The molecule has 2 heterocycles. The van der Waals surface area contributed by atoms with Crippen molar-refractivity contribution in [1.82, 2.24) is 9.78 Å². The van der Waals surface area contributed by atoms with E-state index in [2.05, 4.69) is 41.5 Å². The molecule has 4 rings (SSSR count). The van der Waals surface area contributed by atoms with Gasteiger partial charge in [0.1, 0.15) is 0 Å². The molecular formula is C17H17N3O. The molecule has 0 amide bonds. The summed E-state index contributed by atoms with van der Waals surface area (Å²) in [6.45, 7) is 1.15. The Morgan fingerprint density at radius 1 is 1.19 bits per heavy atom. The second-order valence-electron chi connectivity index (χ2n) is 5.80. The molecule has 1 saturated heterocycles. The van der Waals surface area contributed by atoms with E-state index in [1.165, 1.54) is 10.8 Å². The fourth-order valence-corrected chi connectivity index (χ4v) is 2.94. The van der Waals surface area contributed by atoms with Crippen molar-refractivity contribution in [3.05, 3.63) is 54.4 Å². The van der Waals surface area contributed by atoms with Crippen molar-refractivity contribution < 1.29 is 4.74 Å². The maximum atomic E-state index is 6.50. The van der Waals surface area contributed by atoms with Crippen LogP contribution in [-0.2, 0) is 17.3 Å². The minimum Gasteiger partial charge on any atom is -0.377 e. The topological polar surface area (TPSA) is 53.1 Å². The number of nitrogens with two attached hydrogens (primary N) is 1. The third-order valence-electron chi connectivity index (χ3n) is 4.16. The fraction of sp³-hybridized carbons (Fsp3) is 0.235. The lowest BCUT2D eigenvalue weighted by Gasteiger charge is -2.39. The quantitative estimate of drug-likeness (QED) is 0.784. The summed E-state index contributed by atoms with van der Waals surface area (Å²) in [5.74, 6) is 0. The van der Waals surface area contributed by atoms with Crippen LogP contribution < -0.4 is 5.73 Å². The number of fused-ring (bicyclic) bond motifs is 1. The molecule has 0 unspecified atom stereocenters. The number of benzene rings is 2. The molecule has 106 valence electrons. The van der Waals surface area contributed by atoms with Crippen molar-refractivity contribution in [3.63, 3.8) is 0 Å². The molecule has 0 saturated carbocycles. The van der Waals surface area contributed by atoms with Crippen molar-refractivity contribution in [3.8, 4) is 11.1 Å². The van der Waals surface area contributed by atoms with Crippen LogP contribution in [0.3, 0.4) is 0 Å². The number of hydrogen-bond acceptors (Lipinski definition) is 3. The summed E-state index contributed by atoms with van der Waals surface area (Å²) >= 11 is 0. The van der Waals surface area contributed by atoms with Crippen LogP contribution in [0.25, 0.3) is 21.9 Å². The standard InChI is InChI=1S/C17H17N3O/c1-20-9-14(8-19-20)13-6-12-4-2-3-5-15(12)16(7-13)17(18)10-21-11-17/h2-9H,10-11,18H2,1H3. The normalized spacial score (nSPS) is 16.9. The van der Waals surface area contributed by atoms with Crippen molar-refractivity contribution in [2.75, 3.05) is 13.2 Å². The van der Waals surface area contributed by atoms with Crippen molar-refractivity contribution in [2.45, 2.75) is 5.54 Å². The van der Waals surface area contributed by atoms with Crippen LogP contribution in [0.4, 0.5) is 0 Å². The molecule has 0 radical (unpaired) electrons. The molecule has 2 N–H and O–H groups in total. The van der Waals surface area contributed by atoms with E-state index in [0.29, 0.717) is 13.2 Å². The SMILES string of the molecule is Cn1cc(-c2cc(C3(N)COC3)c3ccccc3c2)cn1. The molecule has 0 aliphatic carbocycles. The van der Waals surface area contributed by atoms with E-state index in [4.69, 9.17) is 10.5 Å². The zero-order valence-corrected chi connectivity index (χ0v) is 11.9. The Bertz CT molecular complexity index is 818. The van der Waals surface area contributed by atoms with Gasteiger partial charge < -0.3 is 10.5 Å². The van der Waals surface area contributed by atoms with Crippen LogP contribution in [0.2, 0.25) is 0 Å². The molecule has 4 heteroatoms. The Kier molecular flexibility index (Phi) is 2.64. The largest absolute Gasteiger partial charge is 0.377 e. The molecule has 3 aromatic rings. The molecule has 2 aromatic carbocycles. The van der Waals surface area contributed by atoms with E-state index in [1.54, 1.807) is 0 Å². The zero-order valence-electron chi connectivity index (χ0n) is 11.9. The van der Waals surface area contributed by atoms with Crippen LogP contribution in [0.1, 0.15) is 5.56 Å². The molecule has 1 fully saturated rings. The molecule has 4 nitrogen and oxygen atoms in total. The van der Waals surface area contributed by atoms with Crippen molar-refractivity contribution >= 4 is 10.8 Å². The first kappa shape index (κ1) is 12.6. The predicted octanol–water partition coefficient (Wildman–Crippen LogP) is 2.42. The summed E-state index contributed by atoms with van der Waals surface area (Å²) in [6.07, 6.45) is 3.91. The summed E-state index contributed by atoms with van der Waals surface area (Å²) in [5, 5.41) is 6.66. The Balaban J connectivity index is 1.97. The molecule has 0 atom stereocenters. The Hall–Kier alpha value is -2.17. The van der Waals surface area contributed by atoms with Gasteiger partial charge in [-0.3, -0.25) is 4.68 Å². The second-order valence-corrected chi connectivity index (χ2v) is 5.80. The van der Waals surface area contributed by atoms with Gasteiger partial charge in [-0.15, -0.1) is 0 Å². The van der Waals surface area contributed by atoms with Gasteiger partial charge in [-0.05, 0) is 34.0 Å². The van der Waals surface area contributed by atoms with E-state index in [9.17, 15) is 0 Å². The molecule has 0 bridgehead atoms. The molecular weight excluding hydrogens is 262 g/mol. The van der Waals surface area contributed by atoms with E-state index >= 15 is 0 Å². The van der Waals surface area contributed by atoms with Crippen molar-refractivity contribution in [2.24, 2.45) is 12.8 Å². The minimum absolute atomic E-state index is 0.377. The maximum Gasteiger partial charge on any atom is 0.0890 e. The molecule has 1 aliphatic heterocycles. The van der Waals surface area contributed by atoms with E-state index in [0.717, 1.165) is 16.7 Å². The van der Waals surface area contributed by atoms with Crippen LogP contribution in [0.15, 0.2) is 48.8 Å². The fourth-order valence-electron chi connectivity index (χ4n) is 2.94. The summed E-state index contributed by atoms with van der Waals surface area (Å²) in [5.41, 5.74) is 9.53. The van der Waals surface area contributed by atoms with Gasteiger partial charge in [0.15, 0.2) is 0 Å². The van der Waals surface area contributed by atoms with Crippen molar-refractivity contribution in [1.29, 1.82) is 0 Å². The number of ether oxygens (including phenoxy) is 1. The smallest absolute Gasteiger partial charge is 0.0890 e. The third-order valence-corrected chi connectivity index (χ3v) is 4.16. The molecule has 1 aromatic heterocycles. The maximum absolute atomic E-state index is 6.50. The average Bonchev–Trinajstić information content (AvgIpc) is 2.90. The molecule has 21 heavy (non-hydrogen) atoms. The lowest BCUT2D eigenvalue weighted by Crippen LogP contribution is -2.54. The first-order chi connectivity index (χ1) is 10.2. The molecule has 1 aliphatic rings. The number of hydrogen-bond donors (Lipinski definition) is 1. The highest BCUT2D eigenvalue weighted by Crippen LogP contribution is 2.36. The first-order valence-electron chi connectivity index (χ1n) is 7.05. The van der Waals surface area contributed by atoms with Gasteiger partial charge in [0.25, 0.3) is 0 Å². The van der Waals surface area contributed by atoms with Crippen LogP contribution in [0.5, 0.6) is 0 Å². The summed E-state index contributed by atoms with van der Waals surface area (Å²) < 4.78 is 7.16. The minimum atomic E-state index is -0.377. The van der Waals surface area contributed by atoms with E-state index in [1.807, 2.05) is 24.1 Å². The lowest BCUT2D eigenvalue weighted by atomic mass is 9.84. The predicted molar refractivity (Wildman–Crippen MR) is 82.8 cm³/mol. The van der Waals surface area contributed by atoms with Gasteiger partial charge in [0.05, 0.1) is 24.9 Å². The van der Waals surface area contributed by atoms with Crippen LogP contribution in [0, 0.1) is 0 Å². The van der Waals surface area contributed by atoms with E-state index in [-0.39, 0.29) is 5.54 Å². The summed E-state index contributed by atoms with van der Waals surface area (Å²) in [4.78, 5) is 0. The number of aryl methyl sites for hydroxylation is 1. The van der Waals surface area contributed by atoms with Gasteiger partial charge >= 0.3 is 0 Å². The van der Waals surface area contributed by atoms with E-state index < -0.39 is 0 Å². The second kappa shape index (κ2) is 4.41.